The van der Waals surface area contributed by atoms with E-state index < -0.39 is 73.9 Å². The van der Waals surface area contributed by atoms with Crippen molar-refractivity contribution in [3.05, 3.63) is 11.5 Å². The lowest BCUT2D eigenvalue weighted by Gasteiger charge is -2.44. The largest absolute Gasteiger partial charge is 0.506 e. The lowest BCUT2D eigenvalue weighted by Crippen LogP contribution is -2.62. The Balaban J connectivity index is 1.46. The SMILES string of the molecule is OCC1=C(O)[C@H](O)[C@@H](O)[C@@H](O[C@H]2[C@H](O)[C@@H](O)[C@H](OCCCCCC3CCCCC3)O[C@@H]2CO)O1. The van der Waals surface area contributed by atoms with Gasteiger partial charge >= 0.3 is 0 Å². The van der Waals surface area contributed by atoms with Gasteiger partial charge in [-0.1, -0.05) is 51.4 Å². The first-order chi connectivity index (χ1) is 16.4. The second-order valence-corrected chi connectivity index (χ2v) is 9.42. The molecule has 34 heavy (non-hydrogen) atoms. The number of ether oxygens (including phenoxy) is 4. The molecule has 2 heterocycles. The van der Waals surface area contributed by atoms with E-state index in [1.165, 1.54) is 38.5 Å². The number of hydrogen-bond acceptors (Lipinski definition) is 11. The fourth-order valence-electron chi connectivity index (χ4n) is 4.87. The van der Waals surface area contributed by atoms with E-state index in [4.69, 9.17) is 18.9 Å². The summed E-state index contributed by atoms with van der Waals surface area (Å²) in [7, 11) is 0. The molecule has 0 amide bonds. The van der Waals surface area contributed by atoms with Crippen LogP contribution in [0.4, 0.5) is 0 Å². The van der Waals surface area contributed by atoms with Crippen LogP contribution in [0.2, 0.25) is 0 Å². The highest BCUT2D eigenvalue weighted by atomic mass is 16.7. The average molecular weight is 493 g/mol. The first-order valence-electron chi connectivity index (χ1n) is 12.3. The molecule has 8 atom stereocenters. The summed E-state index contributed by atoms with van der Waals surface area (Å²) in [6.45, 7) is -1.03. The van der Waals surface area contributed by atoms with Gasteiger partial charge in [0, 0.05) is 6.61 Å². The summed E-state index contributed by atoms with van der Waals surface area (Å²) in [6.07, 6.45) is -1.07. The van der Waals surface area contributed by atoms with Crippen LogP contribution in [0.3, 0.4) is 0 Å². The van der Waals surface area contributed by atoms with Crippen LogP contribution in [-0.2, 0) is 18.9 Å². The van der Waals surface area contributed by atoms with Gasteiger partial charge in [0.05, 0.1) is 6.61 Å². The molecule has 1 aliphatic carbocycles. The molecule has 0 radical (unpaired) electrons. The van der Waals surface area contributed by atoms with Crippen molar-refractivity contribution in [3.8, 4) is 0 Å². The summed E-state index contributed by atoms with van der Waals surface area (Å²) < 4.78 is 21.9. The maximum atomic E-state index is 10.6. The lowest BCUT2D eigenvalue weighted by atomic mass is 9.86. The van der Waals surface area contributed by atoms with E-state index in [-0.39, 0.29) is 0 Å². The Labute approximate surface area is 199 Å². The number of hydrogen-bond donors (Lipinski definition) is 7. The van der Waals surface area contributed by atoms with Crippen LogP contribution >= 0.6 is 0 Å². The van der Waals surface area contributed by atoms with Gasteiger partial charge in [0.2, 0.25) is 6.29 Å². The van der Waals surface area contributed by atoms with Crippen molar-refractivity contribution in [2.75, 3.05) is 19.8 Å². The average Bonchev–Trinajstić information content (AvgIpc) is 2.85. The minimum atomic E-state index is -1.78. The summed E-state index contributed by atoms with van der Waals surface area (Å²) in [6, 6.07) is 0. The highest BCUT2D eigenvalue weighted by molar-refractivity contribution is 5.12. The minimum absolute atomic E-state index is 0.323. The predicted octanol–water partition coefficient (Wildman–Crippen LogP) is -0.192. The van der Waals surface area contributed by atoms with Crippen molar-refractivity contribution >= 4 is 0 Å². The third-order valence-corrected chi connectivity index (χ3v) is 6.95. The first kappa shape index (κ1) is 27.6. The van der Waals surface area contributed by atoms with Crippen LogP contribution < -0.4 is 0 Å². The Kier molecular flexibility index (Phi) is 10.8. The molecule has 1 saturated carbocycles. The Hall–Kier alpha value is -1.02. The molecule has 3 aliphatic rings. The van der Waals surface area contributed by atoms with Gasteiger partial charge in [0.1, 0.15) is 43.2 Å². The quantitative estimate of drug-likeness (QED) is 0.190. The molecule has 7 N–H and O–H groups in total. The molecule has 198 valence electrons. The Morgan fingerprint density at radius 2 is 1.59 bits per heavy atom. The van der Waals surface area contributed by atoms with Gasteiger partial charge in [-0.25, -0.2) is 0 Å². The van der Waals surface area contributed by atoms with Gasteiger partial charge in [-0.05, 0) is 12.3 Å². The Morgan fingerprint density at radius 1 is 0.853 bits per heavy atom. The molecule has 11 heteroatoms. The maximum absolute atomic E-state index is 10.6. The summed E-state index contributed by atoms with van der Waals surface area (Å²) in [4.78, 5) is 0. The molecule has 0 aromatic carbocycles. The normalized spacial score (nSPS) is 37.6. The molecule has 0 bridgehead atoms. The smallest absolute Gasteiger partial charge is 0.229 e. The molecular weight excluding hydrogens is 452 g/mol. The predicted molar refractivity (Wildman–Crippen MR) is 117 cm³/mol. The molecule has 1 saturated heterocycles. The monoisotopic (exact) mass is 492 g/mol. The molecule has 0 aromatic heterocycles. The van der Waals surface area contributed by atoms with E-state index in [0.29, 0.717) is 6.61 Å². The third-order valence-electron chi connectivity index (χ3n) is 6.95. The molecular formula is C23H40O11. The van der Waals surface area contributed by atoms with E-state index in [1.807, 2.05) is 0 Å². The maximum Gasteiger partial charge on any atom is 0.229 e. The number of unbranched alkanes of at least 4 members (excludes halogenated alkanes) is 2. The minimum Gasteiger partial charge on any atom is -0.506 e. The topological polar surface area (TPSA) is 179 Å². The standard InChI is InChI=1S/C23H40O11/c24-11-14-16(26)17(27)19(29)23(32-14)34-21-15(12-25)33-22(20(30)18(21)28)31-10-6-2-5-9-13-7-3-1-4-8-13/h13,15,17-30H,1-12H2/t15-,17+,18-,19-,20-,21-,22-,23-/m1/s1. The van der Waals surface area contributed by atoms with Gasteiger partial charge in [0.25, 0.3) is 0 Å². The van der Waals surface area contributed by atoms with Crippen LogP contribution in [0.15, 0.2) is 11.5 Å². The fourth-order valence-corrected chi connectivity index (χ4v) is 4.87. The molecule has 0 aromatic rings. The van der Waals surface area contributed by atoms with Gasteiger partial charge in [0.15, 0.2) is 17.8 Å². The van der Waals surface area contributed by atoms with Crippen molar-refractivity contribution in [2.45, 2.75) is 107 Å². The second-order valence-electron chi connectivity index (χ2n) is 9.42. The van der Waals surface area contributed by atoms with Gasteiger partial charge in [-0.3, -0.25) is 0 Å². The van der Waals surface area contributed by atoms with Crippen molar-refractivity contribution < 1.29 is 54.7 Å². The Bertz CT molecular complexity index is 636. The van der Waals surface area contributed by atoms with Crippen LogP contribution in [0, 0.1) is 5.92 Å². The summed E-state index contributed by atoms with van der Waals surface area (Å²) in [5.74, 6) is -0.308. The molecule has 2 fully saturated rings. The van der Waals surface area contributed by atoms with Crippen molar-refractivity contribution in [1.29, 1.82) is 0 Å². The number of aliphatic hydroxyl groups is 7. The molecule has 3 rings (SSSR count). The van der Waals surface area contributed by atoms with E-state index in [2.05, 4.69) is 0 Å². The van der Waals surface area contributed by atoms with Gasteiger partial charge in [-0.2, -0.15) is 0 Å². The van der Waals surface area contributed by atoms with E-state index in [9.17, 15) is 35.7 Å². The summed E-state index contributed by atoms with van der Waals surface area (Å²) >= 11 is 0. The Morgan fingerprint density at radius 3 is 2.26 bits per heavy atom. The first-order valence-corrected chi connectivity index (χ1v) is 12.3. The third kappa shape index (κ3) is 6.80. The molecule has 11 nitrogen and oxygen atoms in total. The van der Waals surface area contributed by atoms with E-state index in [0.717, 1.165) is 25.2 Å². The van der Waals surface area contributed by atoms with Crippen LogP contribution in [0.1, 0.15) is 57.8 Å². The second kappa shape index (κ2) is 13.3. The summed E-state index contributed by atoms with van der Waals surface area (Å²) in [5, 5.41) is 69.9. The number of rotatable bonds is 11. The van der Waals surface area contributed by atoms with Gasteiger partial charge < -0.3 is 54.7 Å². The highest BCUT2D eigenvalue weighted by Gasteiger charge is 2.49. The van der Waals surface area contributed by atoms with E-state index in [1.54, 1.807) is 0 Å². The van der Waals surface area contributed by atoms with Crippen molar-refractivity contribution in [3.63, 3.8) is 0 Å². The van der Waals surface area contributed by atoms with Crippen LogP contribution in [0.25, 0.3) is 0 Å². The zero-order chi connectivity index (χ0) is 24.7. The molecule has 2 aliphatic heterocycles. The molecule has 0 spiro atoms. The van der Waals surface area contributed by atoms with Crippen molar-refractivity contribution in [2.24, 2.45) is 5.92 Å². The molecule has 0 unspecified atom stereocenters. The fraction of sp³-hybridized carbons (Fsp3) is 0.913. The zero-order valence-corrected chi connectivity index (χ0v) is 19.4. The highest BCUT2D eigenvalue weighted by Crippen LogP contribution is 2.31. The van der Waals surface area contributed by atoms with E-state index >= 15 is 0 Å². The van der Waals surface area contributed by atoms with Crippen molar-refractivity contribution in [1.82, 2.24) is 0 Å². The van der Waals surface area contributed by atoms with Crippen LogP contribution in [-0.4, -0.2) is 105 Å². The number of aliphatic hydroxyl groups excluding tert-OH is 7. The zero-order valence-electron chi connectivity index (χ0n) is 19.4. The van der Waals surface area contributed by atoms with Gasteiger partial charge in [-0.15, -0.1) is 0 Å². The summed E-state index contributed by atoms with van der Waals surface area (Å²) in [5.41, 5.74) is 0. The lowest BCUT2D eigenvalue weighted by molar-refractivity contribution is -0.336. The van der Waals surface area contributed by atoms with Crippen LogP contribution in [0.5, 0.6) is 0 Å².